The SMILES string of the molecule is CC(C)NCC(c1ccc(O)cc1)c1c(O)ccc2ccccc12.Cl. The highest BCUT2D eigenvalue weighted by Gasteiger charge is 2.20. The molecule has 0 aromatic heterocycles. The zero-order valence-electron chi connectivity index (χ0n) is 14.4. The lowest BCUT2D eigenvalue weighted by atomic mass is 9.86. The number of phenolic OH excluding ortho intramolecular Hbond substituents is 2. The van der Waals surface area contributed by atoms with Gasteiger partial charge in [-0.1, -0.05) is 56.3 Å². The van der Waals surface area contributed by atoms with Crippen LogP contribution >= 0.6 is 12.4 Å². The molecule has 3 aromatic rings. The maximum Gasteiger partial charge on any atom is 0.120 e. The quantitative estimate of drug-likeness (QED) is 0.614. The minimum Gasteiger partial charge on any atom is -0.508 e. The van der Waals surface area contributed by atoms with Crippen LogP contribution in [0.1, 0.15) is 30.9 Å². The molecular formula is C21H24ClNO2. The molecule has 0 spiro atoms. The fourth-order valence-electron chi connectivity index (χ4n) is 3.10. The van der Waals surface area contributed by atoms with Crippen LogP contribution in [0.5, 0.6) is 11.5 Å². The standard InChI is InChI=1S/C21H23NO2.ClH/c1-14(2)22-13-19(16-7-10-17(23)11-8-16)21-18-6-4-3-5-15(18)9-12-20(21)24;/h3-12,14,19,22-24H,13H2,1-2H3;1H. The third-order valence-electron chi connectivity index (χ3n) is 4.32. The van der Waals surface area contributed by atoms with Crippen molar-refractivity contribution in [2.45, 2.75) is 25.8 Å². The zero-order chi connectivity index (χ0) is 17.1. The smallest absolute Gasteiger partial charge is 0.120 e. The van der Waals surface area contributed by atoms with E-state index in [1.54, 1.807) is 18.2 Å². The Morgan fingerprint density at radius 1 is 0.880 bits per heavy atom. The van der Waals surface area contributed by atoms with E-state index in [2.05, 4.69) is 25.2 Å². The second kappa shape index (κ2) is 8.24. The van der Waals surface area contributed by atoms with Crippen molar-refractivity contribution in [3.05, 3.63) is 71.8 Å². The molecule has 3 nitrogen and oxygen atoms in total. The van der Waals surface area contributed by atoms with Gasteiger partial charge in [-0.25, -0.2) is 0 Å². The van der Waals surface area contributed by atoms with Crippen molar-refractivity contribution in [2.75, 3.05) is 6.54 Å². The number of halogens is 1. The predicted octanol–water partition coefficient (Wildman–Crippen LogP) is 4.80. The van der Waals surface area contributed by atoms with Crippen molar-refractivity contribution < 1.29 is 10.2 Å². The molecule has 0 heterocycles. The maximum atomic E-state index is 10.6. The van der Waals surface area contributed by atoms with E-state index in [1.165, 1.54) is 0 Å². The average Bonchev–Trinajstić information content (AvgIpc) is 2.58. The molecule has 3 N–H and O–H groups in total. The second-order valence-corrected chi connectivity index (χ2v) is 6.43. The van der Waals surface area contributed by atoms with E-state index >= 15 is 0 Å². The van der Waals surface area contributed by atoms with E-state index in [0.717, 1.165) is 21.9 Å². The molecule has 0 amide bonds. The number of benzene rings is 3. The van der Waals surface area contributed by atoms with Gasteiger partial charge in [0.1, 0.15) is 11.5 Å². The van der Waals surface area contributed by atoms with Gasteiger partial charge in [0.15, 0.2) is 0 Å². The molecule has 0 aliphatic heterocycles. The summed E-state index contributed by atoms with van der Waals surface area (Å²) >= 11 is 0. The maximum absolute atomic E-state index is 10.6. The molecule has 0 aliphatic rings. The van der Waals surface area contributed by atoms with E-state index in [-0.39, 0.29) is 24.1 Å². The van der Waals surface area contributed by atoms with E-state index in [4.69, 9.17) is 0 Å². The third-order valence-corrected chi connectivity index (χ3v) is 4.32. The first-order valence-corrected chi connectivity index (χ1v) is 8.29. The van der Waals surface area contributed by atoms with Crippen LogP contribution in [0.25, 0.3) is 10.8 Å². The number of fused-ring (bicyclic) bond motifs is 1. The van der Waals surface area contributed by atoms with Gasteiger partial charge in [0.2, 0.25) is 0 Å². The monoisotopic (exact) mass is 357 g/mol. The third kappa shape index (κ3) is 4.25. The second-order valence-electron chi connectivity index (χ2n) is 6.43. The topological polar surface area (TPSA) is 52.5 Å². The molecule has 0 fully saturated rings. The van der Waals surface area contributed by atoms with Crippen LogP contribution in [0.3, 0.4) is 0 Å². The Labute approximate surface area is 154 Å². The molecule has 25 heavy (non-hydrogen) atoms. The van der Waals surface area contributed by atoms with Crippen LogP contribution in [-0.4, -0.2) is 22.8 Å². The number of phenols is 2. The van der Waals surface area contributed by atoms with Crippen LogP contribution in [0, 0.1) is 0 Å². The minimum absolute atomic E-state index is 0. The van der Waals surface area contributed by atoms with E-state index in [1.807, 2.05) is 36.4 Å². The molecule has 132 valence electrons. The normalized spacial score (nSPS) is 12.1. The Kier molecular flexibility index (Phi) is 6.29. The van der Waals surface area contributed by atoms with Gasteiger partial charge in [0.25, 0.3) is 0 Å². The number of aromatic hydroxyl groups is 2. The lowest BCUT2D eigenvalue weighted by molar-refractivity contribution is 0.461. The van der Waals surface area contributed by atoms with Gasteiger partial charge in [-0.3, -0.25) is 0 Å². The van der Waals surface area contributed by atoms with Gasteiger partial charge in [0.05, 0.1) is 0 Å². The molecule has 3 aromatic carbocycles. The van der Waals surface area contributed by atoms with Gasteiger partial charge in [0, 0.05) is 24.1 Å². The highest BCUT2D eigenvalue weighted by molar-refractivity contribution is 5.88. The Morgan fingerprint density at radius 3 is 2.24 bits per heavy atom. The molecule has 0 saturated carbocycles. The van der Waals surface area contributed by atoms with Crippen molar-refractivity contribution >= 4 is 23.2 Å². The van der Waals surface area contributed by atoms with Crippen molar-refractivity contribution in [3.63, 3.8) is 0 Å². The molecular weight excluding hydrogens is 334 g/mol. The number of hydrogen-bond acceptors (Lipinski definition) is 3. The molecule has 0 aliphatic carbocycles. The summed E-state index contributed by atoms with van der Waals surface area (Å²) in [6.45, 7) is 4.93. The lowest BCUT2D eigenvalue weighted by Crippen LogP contribution is -2.28. The average molecular weight is 358 g/mol. The van der Waals surface area contributed by atoms with Crippen LogP contribution in [0.4, 0.5) is 0 Å². The van der Waals surface area contributed by atoms with Gasteiger partial charge in [-0.15, -0.1) is 12.4 Å². The fraction of sp³-hybridized carbons (Fsp3) is 0.238. The summed E-state index contributed by atoms with van der Waals surface area (Å²) in [4.78, 5) is 0. The summed E-state index contributed by atoms with van der Waals surface area (Å²) in [5, 5.41) is 25.8. The van der Waals surface area contributed by atoms with Gasteiger partial charge in [-0.05, 0) is 34.5 Å². The molecule has 0 radical (unpaired) electrons. The number of nitrogens with one attached hydrogen (secondary N) is 1. The first kappa shape index (κ1) is 19.1. The summed E-state index contributed by atoms with van der Waals surface area (Å²) in [6, 6.07) is 19.4. The van der Waals surface area contributed by atoms with Gasteiger partial charge < -0.3 is 15.5 Å². The highest BCUT2D eigenvalue weighted by atomic mass is 35.5. The molecule has 1 unspecified atom stereocenters. The minimum atomic E-state index is -0.000833. The molecule has 0 saturated heterocycles. The van der Waals surface area contributed by atoms with Crippen LogP contribution in [0.2, 0.25) is 0 Å². The molecule has 0 bridgehead atoms. The Bertz CT molecular complexity index is 831. The van der Waals surface area contributed by atoms with Gasteiger partial charge in [-0.2, -0.15) is 0 Å². The summed E-state index contributed by atoms with van der Waals surface area (Å²) in [5.41, 5.74) is 1.99. The molecule has 1 atom stereocenters. The summed E-state index contributed by atoms with van der Waals surface area (Å²) in [6.07, 6.45) is 0. The van der Waals surface area contributed by atoms with Crippen LogP contribution < -0.4 is 5.32 Å². The lowest BCUT2D eigenvalue weighted by Gasteiger charge is -2.23. The van der Waals surface area contributed by atoms with Crippen molar-refractivity contribution in [1.29, 1.82) is 0 Å². The predicted molar refractivity (Wildman–Crippen MR) is 106 cm³/mol. The Hall–Kier alpha value is -2.23. The Balaban J connectivity index is 0.00000225. The zero-order valence-corrected chi connectivity index (χ0v) is 15.3. The van der Waals surface area contributed by atoms with Crippen LogP contribution in [-0.2, 0) is 0 Å². The van der Waals surface area contributed by atoms with E-state index in [0.29, 0.717) is 18.3 Å². The van der Waals surface area contributed by atoms with Crippen molar-refractivity contribution in [3.8, 4) is 11.5 Å². The van der Waals surface area contributed by atoms with Crippen molar-refractivity contribution in [1.82, 2.24) is 5.32 Å². The Morgan fingerprint density at radius 2 is 1.56 bits per heavy atom. The number of hydrogen-bond donors (Lipinski definition) is 3. The highest BCUT2D eigenvalue weighted by Crippen LogP contribution is 2.37. The first-order valence-electron chi connectivity index (χ1n) is 8.29. The fourth-order valence-corrected chi connectivity index (χ4v) is 3.10. The summed E-state index contributed by atoms with van der Waals surface area (Å²) in [5.74, 6) is 0.549. The first-order chi connectivity index (χ1) is 11.6. The molecule has 4 heteroatoms. The summed E-state index contributed by atoms with van der Waals surface area (Å²) < 4.78 is 0. The summed E-state index contributed by atoms with van der Waals surface area (Å²) in [7, 11) is 0. The largest absolute Gasteiger partial charge is 0.508 e. The van der Waals surface area contributed by atoms with Gasteiger partial charge >= 0.3 is 0 Å². The van der Waals surface area contributed by atoms with E-state index in [9.17, 15) is 10.2 Å². The molecule has 3 rings (SSSR count). The van der Waals surface area contributed by atoms with E-state index < -0.39 is 0 Å². The van der Waals surface area contributed by atoms with Crippen LogP contribution in [0.15, 0.2) is 60.7 Å². The van der Waals surface area contributed by atoms with Crippen molar-refractivity contribution in [2.24, 2.45) is 0 Å². The number of rotatable bonds is 5.